The summed E-state index contributed by atoms with van der Waals surface area (Å²) >= 11 is 0. The van der Waals surface area contributed by atoms with Gasteiger partial charge in [-0.2, -0.15) is 5.10 Å². The lowest BCUT2D eigenvalue weighted by molar-refractivity contribution is 0.519. The topological polar surface area (TPSA) is 58.9 Å². The molecule has 1 N–H and O–H groups in total. The van der Waals surface area contributed by atoms with Crippen molar-refractivity contribution in [1.82, 2.24) is 19.7 Å². The van der Waals surface area contributed by atoms with Gasteiger partial charge in [-0.1, -0.05) is 25.1 Å². The fraction of sp³-hybridized carbons (Fsp3) is 0.458. The Balaban J connectivity index is 1.57. The quantitative estimate of drug-likeness (QED) is 0.524. The lowest BCUT2D eigenvalue weighted by atomic mass is 10.1. The van der Waals surface area contributed by atoms with Gasteiger partial charge in [-0.15, -0.1) is 0 Å². The van der Waals surface area contributed by atoms with E-state index < -0.39 is 0 Å². The largest absolute Gasteiger partial charge is 0.375 e. The van der Waals surface area contributed by atoms with Crippen LogP contribution in [0.1, 0.15) is 47.7 Å². The van der Waals surface area contributed by atoms with Crippen LogP contribution in [0.4, 0.5) is 11.5 Å². The van der Waals surface area contributed by atoms with E-state index in [1.807, 2.05) is 13.0 Å². The van der Waals surface area contributed by atoms with Gasteiger partial charge in [-0.3, -0.25) is 4.68 Å². The molecule has 0 saturated heterocycles. The fourth-order valence-electron chi connectivity index (χ4n) is 3.60. The Kier molecular flexibility index (Phi) is 7.08. The summed E-state index contributed by atoms with van der Waals surface area (Å²) in [6.07, 6.45) is 1.03. The maximum Gasteiger partial charge on any atom is 0.129 e. The Labute approximate surface area is 180 Å². The molecule has 6 heteroatoms. The van der Waals surface area contributed by atoms with Gasteiger partial charge in [0.1, 0.15) is 11.6 Å². The number of nitrogens with one attached hydrogen (secondary N) is 1. The minimum Gasteiger partial charge on any atom is -0.375 e. The van der Waals surface area contributed by atoms with E-state index in [0.717, 1.165) is 49.1 Å². The molecule has 0 aliphatic heterocycles. The molecule has 0 aliphatic carbocycles. The molecular formula is C24H34N6. The monoisotopic (exact) mass is 406 g/mol. The SMILES string of the molecule is Cc1nc(NCCCN(C)c2ccccc2)cc([C@H](C)Cn2nc(C)c(C)c2C)n1. The molecule has 2 heterocycles. The molecule has 1 atom stereocenters. The Morgan fingerprint density at radius 3 is 2.47 bits per heavy atom. The summed E-state index contributed by atoms with van der Waals surface area (Å²) in [4.78, 5) is 11.5. The van der Waals surface area contributed by atoms with Crippen molar-refractivity contribution in [3.05, 3.63) is 64.9 Å². The minimum absolute atomic E-state index is 0.258. The van der Waals surface area contributed by atoms with Crippen molar-refractivity contribution < 1.29 is 0 Å². The first-order valence-corrected chi connectivity index (χ1v) is 10.7. The zero-order chi connectivity index (χ0) is 21.7. The first-order valence-electron chi connectivity index (χ1n) is 10.7. The van der Waals surface area contributed by atoms with Crippen LogP contribution in [-0.2, 0) is 6.54 Å². The number of para-hydroxylation sites is 1. The van der Waals surface area contributed by atoms with Crippen molar-refractivity contribution in [2.75, 3.05) is 30.4 Å². The smallest absolute Gasteiger partial charge is 0.129 e. The van der Waals surface area contributed by atoms with Crippen molar-refractivity contribution >= 4 is 11.5 Å². The van der Waals surface area contributed by atoms with Crippen molar-refractivity contribution in [2.24, 2.45) is 0 Å². The number of aromatic nitrogens is 4. The molecule has 1 aromatic carbocycles. The van der Waals surface area contributed by atoms with E-state index in [9.17, 15) is 0 Å². The average molecular weight is 407 g/mol. The lowest BCUT2D eigenvalue weighted by Crippen LogP contribution is -2.21. The van der Waals surface area contributed by atoms with Crippen molar-refractivity contribution in [2.45, 2.75) is 53.5 Å². The predicted octanol–water partition coefficient (Wildman–Crippen LogP) is 4.65. The molecule has 0 spiro atoms. The standard InChI is InChI=1S/C24H34N6/c1-17(16-30-20(4)18(2)19(3)28-30)23-15-24(27-21(5)26-23)25-13-10-14-29(6)22-11-8-7-9-12-22/h7-9,11-12,15,17H,10,13-14,16H2,1-6H3,(H,25,26,27)/t17-/m1/s1. The zero-order valence-electron chi connectivity index (χ0n) is 19.1. The van der Waals surface area contributed by atoms with E-state index in [2.05, 4.69) is 95.0 Å². The Morgan fingerprint density at radius 1 is 1.07 bits per heavy atom. The molecule has 0 saturated carbocycles. The third-order valence-electron chi connectivity index (χ3n) is 5.73. The second kappa shape index (κ2) is 9.74. The predicted molar refractivity (Wildman–Crippen MR) is 124 cm³/mol. The highest BCUT2D eigenvalue weighted by Crippen LogP contribution is 2.21. The molecule has 160 valence electrons. The normalized spacial score (nSPS) is 12.1. The van der Waals surface area contributed by atoms with E-state index in [1.54, 1.807) is 0 Å². The van der Waals surface area contributed by atoms with Crippen LogP contribution in [-0.4, -0.2) is 39.9 Å². The van der Waals surface area contributed by atoms with E-state index in [0.29, 0.717) is 0 Å². The van der Waals surface area contributed by atoms with Crippen LogP contribution in [0.5, 0.6) is 0 Å². The summed E-state index contributed by atoms with van der Waals surface area (Å²) in [6.45, 7) is 13.2. The van der Waals surface area contributed by atoms with E-state index in [1.165, 1.54) is 16.9 Å². The molecule has 30 heavy (non-hydrogen) atoms. The highest BCUT2D eigenvalue weighted by atomic mass is 15.3. The Bertz CT molecular complexity index is 963. The highest BCUT2D eigenvalue weighted by molar-refractivity contribution is 5.45. The minimum atomic E-state index is 0.258. The van der Waals surface area contributed by atoms with Gasteiger partial charge in [0.15, 0.2) is 0 Å². The van der Waals surface area contributed by atoms with Crippen molar-refractivity contribution in [3.63, 3.8) is 0 Å². The Hall–Kier alpha value is -2.89. The van der Waals surface area contributed by atoms with Crippen LogP contribution in [0.25, 0.3) is 0 Å². The molecular weight excluding hydrogens is 372 g/mol. The van der Waals surface area contributed by atoms with Crippen LogP contribution < -0.4 is 10.2 Å². The molecule has 0 aliphatic rings. The average Bonchev–Trinajstić information content (AvgIpc) is 2.97. The van der Waals surface area contributed by atoms with Gasteiger partial charge >= 0.3 is 0 Å². The van der Waals surface area contributed by atoms with Gasteiger partial charge in [0.2, 0.25) is 0 Å². The maximum absolute atomic E-state index is 4.68. The number of anilines is 2. The van der Waals surface area contributed by atoms with E-state index in [-0.39, 0.29) is 5.92 Å². The lowest BCUT2D eigenvalue weighted by Gasteiger charge is -2.19. The first kappa shape index (κ1) is 21.8. The summed E-state index contributed by atoms with van der Waals surface area (Å²) in [7, 11) is 2.13. The molecule has 0 fully saturated rings. The summed E-state index contributed by atoms with van der Waals surface area (Å²) in [5.41, 5.74) is 5.89. The van der Waals surface area contributed by atoms with Gasteiger partial charge in [0.25, 0.3) is 0 Å². The summed E-state index contributed by atoms with van der Waals surface area (Å²) in [6, 6.07) is 12.5. The fourth-order valence-corrected chi connectivity index (χ4v) is 3.60. The van der Waals surface area contributed by atoms with Crippen LogP contribution >= 0.6 is 0 Å². The number of hydrogen-bond donors (Lipinski definition) is 1. The molecule has 0 amide bonds. The molecule has 0 radical (unpaired) electrons. The number of aryl methyl sites for hydroxylation is 2. The summed E-state index contributed by atoms with van der Waals surface area (Å²) < 4.78 is 2.10. The van der Waals surface area contributed by atoms with Crippen LogP contribution in [0, 0.1) is 27.7 Å². The van der Waals surface area contributed by atoms with Crippen molar-refractivity contribution in [1.29, 1.82) is 0 Å². The summed E-state index contributed by atoms with van der Waals surface area (Å²) in [5.74, 6) is 1.96. The van der Waals surface area contributed by atoms with Crippen LogP contribution in [0.15, 0.2) is 36.4 Å². The number of benzene rings is 1. The third-order valence-corrected chi connectivity index (χ3v) is 5.73. The van der Waals surface area contributed by atoms with E-state index >= 15 is 0 Å². The molecule has 3 aromatic rings. The molecule has 6 nitrogen and oxygen atoms in total. The van der Waals surface area contributed by atoms with E-state index in [4.69, 9.17) is 0 Å². The van der Waals surface area contributed by atoms with Crippen LogP contribution in [0.3, 0.4) is 0 Å². The van der Waals surface area contributed by atoms with Crippen LogP contribution in [0.2, 0.25) is 0 Å². The molecule has 2 aromatic heterocycles. The second-order valence-electron chi connectivity index (χ2n) is 8.14. The van der Waals surface area contributed by atoms with Gasteiger partial charge in [-0.05, 0) is 51.8 Å². The van der Waals surface area contributed by atoms with Gasteiger partial charge in [0, 0.05) is 50.0 Å². The van der Waals surface area contributed by atoms with Gasteiger partial charge in [-0.25, -0.2) is 9.97 Å². The molecule has 0 bridgehead atoms. The number of nitrogens with zero attached hydrogens (tertiary/aromatic N) is 5. The first-order chi connectivity index (χ1) is 14.3. The maximum atomic E-state index is 4.68. The molecule has 0 unspecified atom stereocenters. The van der Waals surface area contributed by atoms with Crippen molar-refractivity contribution in [3.8, 4) is 0 Å². The van der Waals surface area contributed by atoms with Gasteiger partial charge < -0.3 is 10.2 Å². The second-order valence-corrected chi connectivity index (χ2v) is 8.14. The molecule has 3 rings (SSSR count). The van der Waals surface area contributed by atoms with Gasteiger partial charge in [0.05, 0.1) is 11.4 Å². The zero-order valence-corrected chi connectivity index (χ0v) is 19.1. The highest BCUT2D eigenvalue weighted by Gasteiger charge is 2.14. The summed E-state index contributed by atoms with van der Waals surface area (Å²) in [5, 5.41) is 8.15. The number of hydrogen-bond acceptors (Lipinski definition) is 5. The number of rotatable bonds is 9. The Morgan fingerprint density at radius 2 is 1.80 bits per heavy atom. The third kappa shape index (κ3) is 5.38.